The summed E-state index contributed by atoms with van der Waals surface area (Å²) < 4.78 is 6.94. The van der Waals surface area contributed by atoms with Crippen LogP contribution in [0.5, 0.6) is 0 Å². The van der Waals surface area contributed by atoms with Gasteiger partial charge in [-0.1, -0.05) is 0 Å². The van der Waals surface area contributed by atoms with Crippen LogP contribution in [0.3, 0.4) is 0 Å². The molecule has 2 N–H and O–H groups in total. The van der Waals surface area contributed by atoms with Crippen molar-refractivity contribution in [3.63, 3.8) is 0 Å². The van der Waals surface area contributed by atoms with Gasteiger partial charge in [-0.2, -0.15) is 4.52 Å². The van der Waals surface area contributed by atoms with Crippen LogP contribution in [0.4, 0.5) is 11.5 Å². The first-order valence-corrected chi connectivity index (χ1v) is 8.45. The van der Waals surface area contributed by atoms with E-state index in [1.54, 1.807) is 35.3 Å². The van der Waals surface area contributed by atoms with Gasteiger partial charge in [-0.05, 0) is 36.4 Å². The van der Waals surface area contributed by atoms with E-state index in [1.807, 2.05) is 24.3 Å². The minimum absolute atomic E-state index is 0.119. The third-order valence-electron chi connectivity index (χ3n) is 3.87. The molecule has 4 aromatic rings. The van der Waals surface area contributed by atoms with E-state index >= 15 is 0 Å². The number of nitrogens with one attached hydrogen (secondary N) is 2. The van der Waals surface area contributed by atoms with E-state index in [1.165, 1.54) is 0 Å². The Kier molecular flexibility index (Phi) is 4.73. The van der Waals surface area contributed by atoms with Crippen molar-refractivity contribution in [2.24, 2.45) is 0 Å². The summed E-state index contributed by atoms with van der Waals surface area (Å²) in [7, 11) is 0. The zero-order valence-corrected chi connectivity index (χ0v) is 14.4. The number of hydrogen-bond acceptors (Lipinski definition) is 7. The Hall–Kier alpha value is -3.75. The summed E-state index contributed by atoms with van der Waals surface area (Å²) >= 11 is 0. The fourth-order valence-electron chi connectivity index (χ4n) is 2.56. The molecule has 0 aliphatic rings. The SMILES string of the molecule is O=C(CCc1nnc2ccc(NCc3ccco3)nn12)Nc1cccnc1. The second-order valence-corrected chi connectivity index (χ2v) is 5.83. The fourth-order valence-corrected chi connectivity index (χ4v) is 2.56. The van der Waals surface area contributed by atoms with E-state index in [0.717, 1.165) is 5.76 Å². The van der Waals surface area contributed by atoms with Crippen LogP contribution in [0.1, 0.15) is 18.0 Å². The lowest BCUT2D eigenvalue weighted by molar-refractivity contribution is -0.116. The predicted molar refractivity (Wildman–Crippen MR) is 98.0 cm³/mol. The molecule has 27 heavy (non-hydrogen) atoms. The molecule has 136 valence electrons. The zero-order valence-electron chi connectivity index (χ0n) is 14.4. The lowest BCUT2D eigenvalue weighted by atomic mass is 10.2. The second kappa shape index (κ2) is 7.65. The van der Waals surface area contributed by atoms with Gasteiger partial charge in [0.1, 0.15) is 11.6 Å². The van der Waals surface area contributed by atoms with Gasteiger partial charge >= 0.3 is 0 Å². The Bertz CT molecular complexity index is 1030. The number of furan rings is 1. The number of carbonyl (C=O) groups excluding carboxylic acids is 1. The number of aryl methyl sites for hydroxylation is 1. The average molecular weight is 363 g/mol. The number of amides is 1. The van der Waals surface area contributed by atoms with Gasteiger partial charge in [0.25, 0.3) is 0 Å². The van der Waals surface area contributed by atoms with Crippen LogP contribution in [0.15, 0.2) is 59.5 Å². The van der Waals surface area contributed by atoms with Crippen molar-refractivity contribution in [3.8, 4) is 0 Å². The van der Waals surface area contributed by atoms with Gasteiger partial charge in [0.05, 0.1) is 24.7 Å². The van der Waals surface area contributed by atoms with Crippen molar-refractivity contribution in [1.82, 2.24) is 24.8 Å². The third kappa shape index (κ3) is 4.09. The average Bonchev–Trinajstić information content (AvgIpc) is 3.35. The van der Waals surface area contributed by atoms with E-state index in [4.69, 9.17) is 4.42 Å². The van der Waals surface area contributed by atoms with Gasteiger partial charge < -0.3 is 15.1 Å². The first-order chi connectivity index (χ1) is 13.3. The molecule has 0 aromatic carbocycles. The highest BCUT2D eigenvalue weighted by molar-refractivity contribution is 5.90. The van der Waals surface area contributed by atoms with Crippen LogP contribution in [-0.2, 0) is 17.8 Å². The largest absolute Gasteiger partial charge is 0.467 e. The molecule has 9 nitrogen and oxygen atoms in total. The molecule has 0 bridgehead atoms. The first-order valence-electron chi connectivity index (χ1n) is 8.45. The Labute approximate surface area is 154 Å². The number of pyridine rings is 1. The molecule has 0 fully saturated rings. The fraction of sp³-hybridized carbons (Fsp3) is 0.167. The summed E-state index contributed by atoms with van der Waals surface area (Å²) in [5, 5.41) is 18.7. The predicted octanol–water partition coefficient (Wildman–Crippen LogP) is 2.30. The molecule has 9 heteroatoms. The number of carbonyl (C=O) groups is 1. The van der Waals surface area contributed by atoms with Gasteiger partial charge in [-0.3, -0.25) is 9.78 Å². The van der Waals surface area contributed by atoms with Gasteiger partial charge in [-0.25, -0.2) is 0 Å². The van der Waals surface area contributed by atoms with Crippen LogP contribution in [0.25, 0.3) is 5.65 Å². The van der Waals surface area contributed by atoms with Gasteiger partial charge in [0.15, 0.2) is 11.5 Å². The van der Waals surface area contributed by atoms with Crippen LogP contribution in [-0.4, -0.2) is 30.7 Å². The number of aromatic nitrogens is 5. The highest BCUT2D eigenvalue weighted by Crippen LogP contribution is 2.11. The molecule has 4 aromatic heterocycles. The molecule has 0 saturated heterocycles. The minimum Gasteiger partial charge on any atom is -0.467 e. The van der Waals surface area contributed by atoms with Gasteiger partial charge in [0.2, 0.25) is 5.91 Å². The maximum absolute atomic E-state index is 12.1. The van der Waals surface area contributed by atoms with Crippen molar-refractivity contribution in [3.05, 3.63) is 66.6 Å². The quantitative estimate of drug-likeness (QED) is 0.518. The summed E-state index contributed by atoms with van der Waals surface area (Å²) in [5.74, 6) is 1.98. The summed E-state index contributed by atoms with van der Waals surface area (Å²) in [6.07, 6.45) is 5.56. The normalized spacial score (nSPS) is 10.8. The van der Waals surface area contributed by atoms with Crippen molar-refractivity contribution in [2.75, 3.05) is 10.6 Å². The summed E-state index contributed by atoms with van der Waals surface area (Å²) in [5.41, 5.74) is 1.29. The number of hydrogen-bond donors (Lipinski definition) is 2. The molecular weight excluding hydrogens is 346 g/mol. The number of fused-ring (bicyclic) bond motifs is 1. The Morgan fingerprint density at radius 3 is 2.93 bits per heavy atom. The smallest absolute Gasteiger partial charge is 0.224 e. The second-order valence-electron chi connectivity index (χ2n) is 5.83. The van der Waals surface area contributed by atoms with Gasteiger partial charge in [-0.15, -0.1) is 15.3 Å². The highest BCUT2D eigenvalue weighted by Gasteiger charge is 2.11. The van der Waals surface area contributed by atoms with E-state index in [2.05, 4.69) is 30.9 Å². The maximum atomic E-state index is 12.1. The van der Waals surface area contributed by atoms with Crippen LogP contribution in [0.2, 0.25) is 0 Å². The van der Waals surface area contributed by atoms with Crippen molar-refractivity contribution in [2.45, 2.75) is 19.4 Å². The van der Waals surface area contributed by atoms with Crippen LogP contribution < -0.4 is 10.6 Å². The molecule has 0 aliphatic carbocycles. The molecule has 4 heterocycles. The van der Waals surface area contributed by atoms with E-state index in [0.29, 0.717) is 35.9 Å². The lowest BCUT2D eigenvalue weighted by Gasteiger charge is -2.05. The molecule has 0 saturated carbocycles. The topological polar surface area (TPSA) is 110 Å². The van der Waals surface area contributed by atoms with Crippen LogP contribution >= 0.6 is 0 Å². The Morgan fingerprint density at radius 1 is 1.15 bits per heavy atom. The van der Waals surface area contributed by atoms with Gasteiger partial charge in [0, 0.05) is 19.0 Å². The maximum Gasteiger partial charge on any atom is 0.224 e. The van der Waals surface area contributed by atoms with Crippen molar-refractivity contribution in [1.29, 1.82) is 0 Å². The first kappa shape index (κ1) is 16.7. The summed E-state index contributed by atoms with van der Waals surface area (Å²) in [6, 6.07) is 10.9. The third-order valence-corrected chi connectivity index (χ3v) is 3.87. The summed E-state index contributed by atoms with van der Waals surface area (Å²) in [6.45, 7) is 0.524. The Balaban J connectivity index is 1.40. The molecule has 0 aliphatic heterocycles. The molecule has 0 atom stereocenters. The monoisotopic (exact) mass is 363 g/mol. The number of nitrogens with zero attached hydrogens (tertiary/aromatic N) is 5. The molecule has 0 spiro atoms. The van der Waals surface area contributed by atoms with Crippen LogP contribution in [0, 0.1) is 0 Å². The molecule has 1 amide bonds. The molecular formula is C18H17N7O2. The number of rotatable bonds is 7. The minimum atomic E-state index is -0.119. The molecule has 0 radical (unpaired) electrons. The van der Waals surface area contributed by atoms with Crippen molar-refractivity contribution >= 4 is 23.1 Å². The van der Waals surface area contributed by atoms with E-state index < -0.39 is 0 Å². The van der Waals surface area contributed by atoms with E-state index in [-0.39, 0.29) is 12.3 Å². The zero-order chi connectivity index (χ0) is 18.5. The van der Waals surface area contributed by atoms with Crippen molar-refractivity contribution < 1.29 is 9.21 Å². The molecule has 0 unspecified atom stereocenters. The Morgan fingerprint density at radius 2 is 2.11 bits per heavy atom. The highest BCUT2D eigenvalue weighted by atomic mass is 16.3. The number of anilines is 2. The summed E-state index contributed by atoms with van der Waals surface area (Å²) in [4.78, 5) is 16.1. The molecule has 4 rings (SSSR count). The van der Waals surface area contributed by atoms with E-state index in [9.17, 15) is 4.79 Å². The lowest BCUT2D eigenvalue weighted by Crippen LogP contribution is -2.13. The standard InChI is InChI=1S/C18H17N7O2/c26-18(21-13-3-1-9-19-11-13)8-7-17-23-22-16-6-5-15(24-25(16)17)20-12-14-4-2-10-27-14/h1-6,9-11H,7-8,12H2,(H,20,24)(H,21,26).